The van der Waals surface area contributed by atoms with Gasteiger partial charge in [0.15, 0.2) is 0 Å². The average Bonchev–Trinajstić information content (AvgIpc) is 2.76. The summed E-state index contributed by atoms with van der Waals surface area (Å²) in [6.07, 6.45) is 11.2. The Morgan fingerprint density at radius 2 is 2.23 bits per heavy atom. The van der Waals surface area contributed by atoms with Crippen molar-refractivity contribution in [1.29, 1.82) is 0 Å². The maximum atomic E-state index is 12.9. The molecule has 1 aromatic rings. The molecule has 2 aliphatic rings. The van der Waals surface area contributed by atoms with E-state index in [4.69, 9.17) is 17.3 Å². The third-order valence-electron chi connectivity index (χ3n) is 3.87. The van der Waals surface area contributed by atoms with Crippen molar-refractivity contribution < 1.29 is 4.79 Å². The van der Waals surface area contributed by atoms with Crippen molar-refractivity contribution in [2.24, 2.45) is 5.73 Å². The number of fused-ring (bicyclic) bond motifs is 1. The van der Waals surface area contributed by atoms with Crippen LogP contribution >= 0.6 is 11.6 Å². The molecule has 0 atom stereocenters. The van der Waals surface area contributed by atoms with Gasteiger partial charge in [-0.3, -0.25) is 4.79 Å². The number of rotatable bonds is 2. The number of carbonyl (C=O) groups is 1. The summed E-state index contributed by atoms with van der Waals surface area (Å²) in [4.78, 5) is 18.9. The van der Waals surface area contributed by atoms with Crippen LogP contribution < -0.4 is 5.73 Å². The zero-order valence-electron chi connectivity index (χ0n) is 12.3. The summed E-state index contributed by atoms with van der Waals surface area (Å²) >= 11 is 6.18. The Hall–Kier alpha value is -1.91. The molecule has 0 saturated heterocycles. The number of nitrogens with zero attached hydrogens (tertiary/aromatic N) is 2. The first kappa shape index (κ1) is 15.0. The topological polar surface area (TPSA) is 59.2 Å². The number of aromatic nitrogens is 1. The predicted octanol–water partition coefficient (Wildman–Crippen LogP) is 3.20. The van der Waals surface area contributed by atoms with Gasteiger partial charge in [0.2, 0.25) is 0 Å². The Kier molecular flexibility index (Phi) is 4.41. The summed E-state index contributed by atoms with van der Waals surface area (Å²) in [5, 5.41) is 0.217. The molecule has 4 nitrogen and oxygen atoms in total. The normalized spacial score (nSPS) is 17.5. The molecule has 5 heteroatoms. The zero-order chi connectivity index (χ0) is 15.5. The van der Waals surface area contributed by atoms with Crippen molar-refractivity contribution in [2.75, 3.05) is 6.54 Å². The van der Waals surface area contributed by atoms with E-state index in [2.05, 4.69) is 29.3 Å². The van der Waals surface area contributed by atoms with Crippen LogP contribution in [-0.2, 0) is 6.54 Å². The Morgan fingerprint density at radius 1 is 1.36 bits per heavy atom. The Labute approximate surface area is 135 Å². The molecule has 114 valence electrons. The van der Waals surface area contributed by atoms with Crippen molar-refractivity contribution in [3.8, 4) is 0 Å². The first-order chi connectivity index (χ1) is 10.7. The standard InChI is InChI=1S/C17H18ClN3O/c18-16-14(9-8-13(11-19)20-16)17(22)21-10-4-3-6-12-5-1-2-7-15(12)21/h1,5-9H,2-4,10-11,19H2. The molecule has 0 aromatic carbocycles. The number of hydrogen-bond acceptors (Lipinski definition) is 3. The van der Waals surface area contributed by atoms with E-state index in [1.807, 2.05) is 4.90 Å². The molecule has 0 radical (unpaired) electrons. The van der Waals surface area contributed by atoms with E-state index in [-0.39, 0.29) is 11.1 Å². The highest BCUT2D eigenvalue weighted by Crippen LogP contribution is 2.28. The highest BCUT2D eigenvalue weighted by Gasteiger charge is 2.25. The summed E-state index contributed by atoms with van der Waals surface area (Å²) in [7, 11) is 0. The van der Waals surface area contributed by atoms with E-state index in [9.17, 15) is 4.79 Å². The van der Waals surface area contributed by atoms with Gasteiger partial charge in [-0.25, -0.2) is 4.98 Å². The number of halogens is 1. The molecule has 1 amide bonds. The van der Waals surface area contributed by atoms with Gasteiger partial charge in [-0.15, -0.1) is 0 Å². The minimum atomic E-state index is -0.101. The van der Waals surface area contributed by atoms with E-state index in [1.54, 1.807) is 12.1 Å². The number of carbonyl (C=O) groups excluding carboxylic acids is 1. The van der Waals surface area contributed by atoms with Crippen LogP contribution in [0, 0.1) is 0 Å². The van der Waals surface area contributed by atoms with Gasteiger partial charge < -0.3 is 10.6 Å². The predicted molar refractivity (Wildman–Crippen MR) is 87.3 cm³/mol. The molecule has 2 N–H and O–H groups in total. The molecule has 1 aromatic heterocycles. The van der Waals surface area contributed by atoms with Crippen molar-refractivity contribution in [2.45, 2.75) is 25.8 Å². The number of hydrogen-bond donors (Lipinski definition) is 1. The van der Waals surface area contributed by atoms with E-state index in [1.165, 1.54) is 0 Å². The fourth-order valence-electron chi connectivity index (χ4n) is 2.75. The second-order valence-corrected chi connectivity index (χ2v) is 5.69. The van der Waals surface area contributed by atoms with Crippen LogP contribution in [0.4, 0.5) is 0 Å². The van der Waals surface area contributed by atoms with Crippen LogP contribution in [-0.4, -0.2) is 22.3 Å². The lowest BCUT2D eigenvalue weighted by Crippen LogP contribution is -2.32. The first-order valence-corrected chi connectivity index (χ1v) is 7.83. The van der Waals surface area contributed by atoms with Gasteiger partial charge in [0.05, 0.1) is 11.3 Å². The Balaban J connectivity index is 1.94. The quantitative estimate of drug-likeness (QED) is 0.853. The van der Waals surface area contributed by atoms with Crippen LogP contribution in [0.2, 0.25) is 5.15 Å². The second kappa shape index (κ2) is 6.46. The molecule has 0 fully saturated rings. The molecule has 3 rings (SSSR count). The van der Waals surface area contributed by atoms with Gasteiger partial charge in [0.1, 0.15) is 5.15 Å². The largest absolute Gasteiger partial charge is 0.325 e. The minimum absolute atomic E-state index is 0.101. The number of amides is 1. The summed E-state index contributed by atoms with van der Waals surface area (Å²) < 4.78 is 0. The molecule has 22 heavy (non-hydrogen) atoms. The number of nitrogens with two attached hydrogens (primary N) is 1. The molecular formula is C17H18ClN3O. The van der Waals surface area contributed by atoms with Crippen molar-refractivity contribution in [3.63, 3.8) is 0 Å². The van der Waals surface area contributed by atoms with Crippen LogP contribution in [0.15, 0.2) is 47.7 Å². The highest BCUT2D eigenvalue weighted by molar-refractivity contribution is 6.32. The Bertz CT molecular complexity index is 691. The summed E-state index contributed by atoms with van der Waals surface area (Å²) in [5.41, 5.74) is 8.75. The molecule has 0 saturated carbocycles. The molecule has 2 heterocycles. The number of allylic oxidation sites excluding steroid dienone is 4. The van der Waals surface area contributed by atoms with Gasteiger partial charge in [0.25, 0.3) is 5.91 Å². The van der Waals surface area contributed by atoms with Gasteiger partial charge in [-0.2, -0.15) is 0 Å². The van der Waals surface area contributed by atoms with E-state index in [0.717, 1.165) is 30.5 Å². The molecule has 0 spiro atoms. The summed E-state index contributed by atoms with van der Waals surface area (Å²) in [5.74, 6) is -0.101. The van der Waals surface area contributed by atoms with E-state index >= 15 is 0 Å². The SMILES string of the molecule is NCc1ccc(C(=O)N2CCCC=C3C=CCC=C32)c(Cl)n1. The monoisotopic (exact) mass is 315 g/mol. The average molecular weight is 316 g/mol. The maximum Gasteiger partial charge on any atom is 0.261 e. The lowest BCUT2D eigenvalue weighted by molar-refractivity contribution is 0.0809. The zero-order valence-corrected chi connectivity index (χ0v) is 13.0. The van der Waals surface area contributed by atoms with Gasteiger partial charge >= 0.3 is 0 Å². The fraction of sp³-hybridized carbons (Fsp3) is 0.294. The van der Waals surface area contributed by atoms with Gasteiger partial charge in [-0.05, 0) is 37.0 Å². The van der Waals surface area contributed by atoms with Crippen molar-refractivity contribution >= 4 is 17.5 Å². The minimum Gasteiger partial charge on any atom is -0.325 e. The van der Waals surface area contributed by atoms with Crippen LogP contribution in [0.3, 0.4) is 0 Å². The third kappa shape index (κ3) is 2.85. The Morgan fingerprint density at radius 3 is 3.00 bits per heavy atom. The molecule has 1 aliphatic carbocycles. The molecule has 0 bridgehead atoms. The van der Waals surface area contributed by atoms with Crippen LogP contribution in [0.5, 0.6) is 0 Å². The van der Waals surface area contributed by atoms with Crippen LogP contribution in [0.25, 0.3) is 0 Å². The van der Waals surface area contributed by atoms with E-state index in [0.29, 0.717) is 24.3 Å². The van der Waals surface area contributed by atoms with Gasteiger partial charge in [-0.1, -0.05) is 35.9 Å². The second-order valence-electron chi connectivity index (χ2n) is 5.33. The maximum absolute atomic E-state index is 12.9. The van der Waals surface area contributed by atoms with Crippen molar-refractivity contribution in [1.82, 2.24) is 9.88 Å². The van der Waals surface area contributed by atoms with Crippen molar-refractivity contribution in [3.05, 3.63) is 64.1 Å². The van der Waals surface area contributed by atoms with Crippen LogP contribution in [0.1, 0.15) is 35.3 Å². The number of pyridine rings is 1. The smallest absolute Gasteiger partial charge is 0.261 e. The first-order valence-electron chi connectivity index (χ1n) is 7.45. The molecular weight excluding hydrogens is 298 g/mol. The molecule has 1 aliphatic heterocycles. The molecule has 0 unspecified atom stereocenters. The summed E-state index contributed by atoms with van der Waals surface area (Å²) in [6.45, 7) is 0.994. The fourth-order valence-corrected chi connectivity index (χ4v) is 3.00. The lowest BCUT2D eigenvalue weighted by Gasteiger charge is -2.26. The third-order valence-corrected chi connectivity index (χ3v) is 4.16. The van der Waals surface area contributed by atoms with E-state index < -0.39 is 0 Å². The highest BCUT2D eigenvalue weighted by atomic mass is 35.5. The summed E-state index contributed by atoms with van der Waals surface area (Å²) in [6, 6.07) is 3.47. The lowest BCUT2D eigenvalue weighted by atomic mass is 10.0. The van der Waals surface area contributed by atoms with Gasteiger partial charge in [0, 0.05) is 18.8 Å².